The molecular weight excluding hydrogens is 553 g/mol. The molecule has 1 N–H and O–H groups in total. The van der Waals surface area contributed by atoms with Crippen molar-refractivity contribution in [3.05, 3.63) is 47.6 Å². The summed E-state index contributed by atoms with van der Waals surface area (Å²) < 4.78 is 83.1. The third-order valence-electron chi connectivity index (χ3n) is 6.16. The molecule has 11 nitrogen and oxygen atoms in total. The van der Waals surface area contributed by atoms with E-state index in [1.165, 1.54) is 21.5 Å². The van der Waals surface area contributed by atoms with Gasteiger partial charge in [-0.1, -0.05) is 11.6 Å². The Morgan fingerprint density at radius 2 is 2.00 bits per heavy atom. The molecular formula is C22H17ClF5N9O2. The number of aromatic nitrogens is 8. The number of hydrogen-bond acceptors (Lipinski definition) is 8. The molecule has 1 fully saturated rings. The molecule has 0 saturated carbocycles. The van der Waals surface area contributed by atoms with E-state index in [1.54, 1.807) is 25.5 Å². The summed E-state index contributed by atoms with van der Waals surface area (Å²) in [5.74, 6) is -4.87. The highest BCUT2D eigenvalue weighted by Crippen LogP contribution is 2.46. The van der Waals surface area contributed by atoms with E-state index in [2.05, 4.69) is 30.5 Å². The van der Waals surface area contributed by atoms with Gasteiger partial charge in [-0.15, -0.1) is 0 Å². The van der Waals surface area contributed by atoms with E-state index >= 15 is 0 Å². The van der Waals surface area contributed by atoms with Gasteiger partial charge in [-0.2, -0.15) is 37.1 Å². The second kappa shape index (κ2) is 9.01. The maximum atomic E-state index is 14.4. The van der Waals surface area contributed by atoms with Crippen LogP contribution in [0.4, 0.5) is 33.7 Å². The number of anilines is 2. The Bertz CT molecular complexity index is 1690. The zero-order valence-electron chi connectivity index (χ0n) is 19.8. The van der Waals surface area contributed by atoms with Gasteiger partial charge in [-0.3, -0.25) is 4.68 Å². The first-order valence-corrected chi connectivity index (χ1v) is 11.8. The lowest BCUT2D eigenvalue weighted by atomic mass is 10.2. The molecule has 1 aliphatic heterocycles. The Labute approximate surface area is 220 Å². The summed E-state index contributed by atoms with van der Waals surface area (Å²) in [5, 5.41) is 10.9. The molecule has 0 bridgehead atoms. The van der Waals surface area contributed by atoms with Gasteiger partial charge in [-0.05, 0) is 6.42 Å². The van der Waals surface area contributed by atoms with Gasteiger partial charge in [-0.25, -0.2) is 14.5 Å². The van der Waals surface area contributed by atoms with Gasteiger partial charge in [0, 0.05) is 25.8 Å². The normalized spacial score (nSPS) is 16.4. The van der Waals surface area contributed by atoms with Gasteiger partial charge in [0.2, 0.25) is 5.95 Å². The largest absolute Gasteiger partial charge is 0.459 e. The zero-order valence-corrected chi connectivity index (χ0v) is 20.6. The third-order valence-corrected chi connectivity index (χ3v) is 6.53. The van der Waals surface area contributed by atoms with Crippen molar-refractivity contribution < 1.29 is 31.4 Å². The fourth-order valence-electron chi connectivity index (χ4n) is 4.21. The lowest BCUT2D eigenvalue weighted by Crippen LogP contribution is -2.36. The summed E-state index contributed by atoms with van der Waals surface area (Å²) in [7, 11) is 1.55. The molecule has 6 heterocycles. The van der Waals surface area contributed by atoms with Crippen molar-refractivity contribution in [2.45, 2.75) is 24.6 Å². The predicted octanol–water partition coefficient (Wildman–Crippen LogP) is 5.01. The third kappa shape index (κ3) is 4.28. The van der Waals surface area contributed by atoms with E-state index in [0.717, 1.165) is 0 Å². The van der Waals surface area contributed by atoms with Crippen molar-refractivity contribution in [2.24, 2.45) is 7.05 Å². The molecule has 0 radical (unpaired) electrons. The first-order valence-electron chi connectivity index (χ1n) is 11.4. The van der Waals surface area contributed by atoms with Gasteiger partial charge in [0.05, 0.1) is 37.4 Å². The highest BCUT2D eigenvalue weighted by molar-refractivity contribution is 6.36. The minimum atomic E-state index is -5.81. The summed E-state index contributed by atoms with van der Waals surface area (Å²) in [5.41, 5.74) is -0.207. The van der Waals surface area contributed by atoms with E-state index in [4.69, 9.17) is 21.1 Å². The molecule has 17 heteroatoms. The van der Waals surface area contributed by atoms with Crippen LogP contribution >= 0.6 is 11.6 Å². The molecule has 1 saturated heterocycles. The smallest absolute Gasteiger partial charge is 0.451 e. The van der Waals surface area contributed by atoms with Crippen LogP contribution in [0.2, 0.25) is 5.02 Å². The number of rotatable bonds is 6. The maximum absolute atomic E-state index is 14.4. The molecule has 6 rings (SSSR count). The van der Waals surface area contributed by atoms with Crippen molar-refractivity contribution in [1.82, 2.24) is 38.9 Å². The molecule has 0 aliphatic carbocycles. The van der Waals surface area contributed by atoms with E-state index in [9.17, 15) is 22.0 Å². The minimum absolute atomic E-state index is 0.0422. The number of alkyl halides is 5. The number of nitrogens with zero attached hydrogens (tertiary/aromatic N) is 8. The number of fused-ring (bicyclic) bond motifs is 2. The fraction of sp³-hybridized carbons (Fsp3) is 0.318. The molecule has 5 aromatic heterocycles. The molecule has 204 valence electrons. The van der Waals surface area contributed by atoms with E-state index < -0.39 is 23.8 Å². The number of ether oxygens (including phenoxy) is 2. The van der Waals surface area contributed by atoms with E-state index in [1.807, 2.05) is 0 Å². The first kappa shape index (κ1) is 25.2. The average Bonchev–Trinajstić information content (AvgIpc) is 3.67. The van der Waals surface area contributed by atoms with Gasteiger partial charge in [0.1, 0.15) is 16.2 Å². The Balaban J connectivity index is 1.34. The van der Waals surface area contributed by atoms with Crippen LogP contribution in [0.1, 0.15) is 18.2 Å². The van der Waals surface area contributed by atoms with Gasteiger partial charge in [0.15, 0.2) is 28.6 Å². The molecule has 1 atom stereocenters. The molecule has 0 amide bonds. The summed E-state index contributed by atoms with van der Waals surface area (Å²) in [4.78, 5) is 12.7. The van der Waals surface area contributed by atoms with Crippen LogP contribution < -0.4 is 10.1 Å². The highest BCUT2D eigenvalue weighted by Gasteiger charge is 2.61. The number of nitrogens with one attached hydrogen (secondary N) is 1. The second-order valence-corrected chi connectivity index (χ2v) is 9.08. The second-order valence-electron chi connectivity index (χ2n) is 8.70. The van der Waals surface area contributed by atoms with Crippen LogP contribution in [0.3, 0.4) is 0 Å². The number of imidazole rings is 1. The van der Waals surface area contributed by atoms with Crippen LogP contribution in [0.5, 0.6) is 11.5 Å². The average molecular weight is 570 g/mol. The maximum Gasteiger partial charge on any atom is 0.459 e. The van der Waals surface area contributed by atoms with E-state index in [-0.39, 0.29) is 47.8 Å². The lowest BCUT2D eigenvalue weighted by Gasteiger charge is -2.22. The molecule has 0 spiro atoms. The minimum Gasteiger partial charge on any atom is -0.451 e. The van der Waals surface area contributed by atoms with Crippen LogP contribution in [0, 0.1) is 0 Å². The molecule has 39 heavy (non-hydrogen) atoms. The van der Waals surface area contributed by atoms with Crippen molar-refractivity contribution in [2.75, 3.05) is 18.5 Å². The Kier molecular flexibility index (Phi) is 5.83. The molecule has 0 aromatic carbocycles. The SMILES string of the molecule is Cn1c(Nc2cc(C(F)(F)C(F)(F)F)n(C3CCOC3)n2)nc2ncc(Oc3cnc4ccnn4c3)c(Cl)c21. The number of pyridine rings is 1. The Hall–Kier alpha value is -4.05. The first-order chi connectivity index (χ1) is 18.5. The molecule has 1 unspecified atom stereocenters. The standard InChI is InChI=1S/C22H17ClF5N9O2/c1-35-18-17(23)13(39-12-7-29-16-2-4-31-36(16)9-12)8-30-19(18)33-20(35)32-15-6-14(21(24,25)22(26,27)28)37(34-15)11-3-5-38-10-11/h2,4,6-9,11H,3,5,10H2,1H3,(H,30,32,33,34). The Morgan fingerprint density at radius 3 is 2.74 bits per heavy atom. The lowest BCUT2D eigenvalue weighted by molar-refractivity contribution is -0.292. The summed E-state index contributed by atoms with van der Waals surface area (Å²) >= 11 is 6.58. The van der Waals surface area contributed by atoms with Crippen LogP contribution in [-0.4, -0.2) is 58.3 Å². The van der Waals surface area contributed by atoms with Crippen molar-refractivity contribution in [3.63, 3.8) is 0 Å². The Morgan fingerprint density at radius 1 is 1.18 bits per heavy atom. The zero-order chi connectivity index (χ0) is 27.5. The van der Waals surface area contributed by atoms with Crippen molar-refractivity contribution in [3.8, 4) is 11.5 Å². The highest BCUT2D eigenvalue weighted by atomic mass is 35.5. The van der Waals surface area contributed by atoms with Crippen LogP contribution in [0.15, 0.2) is 36.9 Å². The number of halogens is 6. The summed E-state index contributed by atoms with van der Waals surface area (Å²) in [6.45, 7) is 0.176. The van der Waals surface area contributed by atoms with Gasteiger partial charge < -0.3 is 19.4 Å². The van der Waals surface area contributed by atoms with Crippen molar-refractivity contribution in [1.29, 1.82) is 0 Å². The van der Waals surface area contributed by atoms with E-state index in [0.29, 0.717) is 27.7 Å². The van der Waals surface area contributed by atoms with Crippen molar-refractivity contribution >= 4 is 40.2 Å². The quantitative estimate of drug-likeness (QED) is 0.284. The molecule has 1 aliphatic rings. The summed E-state index contributed by atoms with van der Waals surface area (Å²) in [6.07, 6.45) is 0.414. The van der Waals surface area contributed by atoms with Crippen LogP contribution in [0.25, 0.3) is 16.8 Å². The topological polar surface area (TPSA) is 109 Å². The van der Waals surface area contributed by atoms with Crippen LogP contribution in [-0.2, 0) is 17.7 Å². The predicted molar refractivity (Wildman–Crippen MR) is 127 cm³/mol. The van der Waals surface area contributed by atoms with Gasteiger partial charge in [0.25, 0.3) is 0 Å². The fourth-order valence-corrected chi connectivity index (χ4v) is 4.51. The van der Waals surface area contributed by atoms with Gasteiger partial charge >= 0.3 is 12.1 Å². The number of aryl methyl sites for hydroxylation is 1. The monoisotopic (exact) mass is 569 g/mol. The number of hydrogen-bond donors (Lipinski definition) is 1. The summed E-state index contributed by atoms with van der Waals surface area (Å²) in [6, 6.07) is 1.58. The molecule has 5 aromatic rings.